The van der Waals surface area contributed by atoms with Gasteiger partial charge in [-0.15, -0.1) is 6.58 Å². The van der Waals surface area contributed by atoms with E-state index in [4.69, 9.17) is 5.11 Å². The van der Waals surface area contributed by atoms with Gasteiger partial charge in [0.2, 0.25) is 5.91 Å². The summed E-state index contributed by atoms with van der Waals surface area (Å²) < 4.78 is 0. The molecule has 17 heavy (non-hydrogen) atoms. The van der Waals surface area contributed by atoms with E-state index in [2.05, 4.69) is 11.9 Å². The molecule has 0 aromatic carbocycles. The van der Waals surface area contributed by atoms with E-state index in [-0.39, 0.29) is 12.5 Å². The van der Waals surface area contributed by atoms with Crippen molar-refractivity contribution in [1.29, 1.82) is 0 Å². The number of carbonyl (C=O) groups excluding carboxylic acids is 1. The highest BCUT2D eigenvalue weighted by Crippen LogP contribution is 1.99. The Bertz CT molecular complexity index is 266. The molecule has 0 bridgehead atoms. The molecule has 1 atom stereocenters. The van der Waals surface area contributed by atoms with Gasteiger partial charge in [0.05, 0.1) is 12.6 Å². The van der Waals surface area contributed by atoms with E-state index in [0.29, 0.717) is 13.1 Å². The SMILES string of the molecule is C=CCN(CC(=O)O)C(C)C(=O)NCCCC. The summed E-state index contributed by atoms with van der Waals surface area (Å²) in [6.07, 6.45) is 3.54. The highest BCUT2D eigenvalue weighted by atomic mass is 16.4. The normalized spacial score (nSPS) is 12.2. The molecule has 2 N–H and O–H groups in total. The topological polar surface area (TPSA) is 69.6 Å². The van der Waals surface area contributed by atoms with Crippen molar-refractivity contribution in [2.75, 3.05) is 19.6 Å². The van der Waals surface area contributed by atoms with Crippen molar-refractivity contribution in [3.8, 4) is 0 Å². The lowest BCUT2D eigenvalue weighted by Gasteiger charge is -2.25. The van der Waals surface area contributed by atoms with Crippen LogP contribution in [0.1, 0.15) is 26.7 Å². The number of carboxylic acid groups (broad SMARTS) is 1. The number of aliphatic carboxylic acids is 1. The van der Waals surface area contributed by atoms with Crippen LogP contribution in [-0.4, -0.2) is 47.6 Å². The third-order valence-corrected chi connectivity index (χ3v) is 2.46. The number of hydrogen-bond donors (Lipinski definition) is 2. The maximum absolute atomic E-state index is 11.7. The first kappa shape index (κ1) is 15.6. The van der Waals surface area contributed by atoms with Gasteiger partial charge >= 0.3 is 5.97 Å². The Morgan fingerprint density at radius 3 is 2.65 bits per heavy atom. The van der Waals surface area contributed by atoms with Gasteiger partial charge in [-0.1, -0.05) is 19.4 Å². The summed E-state index contributed by atoms with van der Waals surface area (Å²) in [6.45, 7) is 8.17. The monoisotopic (exact) mass is 242 g/mol. The van der Waals surface area contributed by atoms with Gasteiger partial charge in [-0.05, 0) is 13.3 Å². The molecule has 0 aromatic rings. The van der Waals surface area contributed by atoms with Gasteiger partial charge in [-0.25, -0.2) is 0 Å². The van der Waals surface area contributed by atoms with Crippen LogP contribution in [0.4, 0.5) is 0 Å². The Hall–Kier alpha value is -1.36. The van der Waals surface area contributed by atoms with Crippen molar-refractivity contribution in [2.45, 2.75) is 32.7 Å². The van der Waals surface area contributed by atoms with Crippen LogP contribution in [0, 0.1) is 0 Å². The van der Waals surface area contributed by atoms with Gasteiger partial charge in [0.25, 0.3) is 0 Å². The maximum atomic E-state index is 11.7. The molecule has 0 saturated carbocycles. The van der Waals surface area contributed by atoms with Crippen LogP contribution < -0.4 is 5.32 Å². The Kier molecular flexibility index (Phi) is 8.05. The summed E-state index contributed by atoms with van der Waals surface area (Å²) in [7, 11) is 0. The number of carboxylic acids is 1. The van der Waals surface area contributed by atoms with Crippen LogP contribution in [0.2, 0.25) is 0 Å². The lowest BCUT2D eigenvalue weighted by Crippen LogP contribution is -2.47. The van der Waals surface area contributed by atoms with Crippen molar-refractivity contribution in [3.63, 3.8) is 0 Å². The smallest absolute Gasteiger partial charge is 0.317 e. The minimum Gasteiger partial charge on any atom is -0.480 e. The molecule has 0 fully saturated rings. The van der Waals surface area contributed by atoms with Gasteiger partial charge in [-0.3, -0.25) is 14.5 Å². The van der Waals surface area contributed by atoms with Crippen molar-refractivity contribution in [3.05, 3.63) is 12.7 Å². The highest BCUT2D eigenvalue weighted by Gasteiger charge is 2.21. The Balaban J connectivity index is 4.27. The van der Waals surface area contributed by atoms with Gasteiger partial charge in [0.1, 0.15) is 0 Å². The summed E-state index contributed by atoms with van der Waals surface area (Å²) in [4.78, 5) is 24.0. The van der Waals surface area contributed by atoms with Crippen molar-refractivity contribution in [2.24, 2.45) is 0 Å². The number of nitrogens with one attached hydrogen (secondary N) is 1. The molecular formula is C12H22N2O3. The summed E-state index contributed by atoms with van der Waals surface area (Å²) in [5.41, 5.74) is 0. The molecule has 0 heterocycles. The lowest BCUT2D eigenvalue weighted by molar-refractivity contribution is -0.139. The molecule has 5 nitrogen and oxygen atoms in total. The fourth-order valence-corrected chi connectivity index (χ4v) is 1.40. The van der Waals surface area contributed by atoms with E-state index in [9.17, 15) is 9.59 Å². The minimum atomic E-state index is -0.944. The zero-order valence-electron chi connectivity index (χ0n) is 10.6. The van der Waals surface area contributed by atoms with Crippen LogP contribution in [-0.2, 0) is 9.59 Å². The van der Waals surface area contributed by atoms with Gasteiger partial charge in [0, 0.05) is 13.1 Å². The average Bonchev–Trinajstić information content (AvgIpc) is 2.27. The predicted octanol–water partition coefficient (Wildman–Crippen LogP) is 0.864. The standard InChI is InChI=1S/C12H22N2O3/c1-4-6-7-13-12(17)10(3)14(8-5-2)9-11(15)16/h5,10H,2,4,6-9H2,1,3H3,(H,13,17)(H,15,16). The quantitative estimate of drug-likeness (QED) is 0.465. The molecule has 0 aliphatic heterocycles. The Morgan fingerprint density at radius 2 is 2.18 bits per heavy atom. The maximum Gasteiger partial charge on any atom is 0.317 e. The zero-order chi connectivity index (χ0) is 13.3. The molecule has 98 valence electrons. The predicted molar refractivity (Wildman–Crippen MR) is 66.8 cm³/mol. The number of rotatable bonds is 9. The summed E-state index contributed by atoms with van der Waals surface area (Å²) >= 11 is 0. The molecule has 5 heteroatoms. The Labute approximate surface area is 102 Å². The average molecular weight is 242 g/mol. The molecule has 0 radical (unpaired) electrons. The van der Waals surface area contributed by atoms with Crippen LogP contribution in [0.15, 0.2) is 12.7 Å². The van der Waals surface area contributed by atoms with E-state index in [1.165, 1.54) is 0 Å². The minimum absolute atomic E-state index is 0.137. The molecule has 0 rings (SSSR count). The number of nitrogens with zero attached hydrogens (tertiary/aromatic N) is 1. The number of carbonyl (C=O) groups is 2. The Morgan fingerprint density at radius 1 is 1.53 bits per heavy atom. The second kappa shape index (κ2) is 8.75. The van der Waals surface area contributed by atoms with Crippen molar-refractivity contribution < 1.29 is 14.7 Å². The summed E-state index contributed by atoms with van der Waals surface area (Å²) in [5.74, 6) is -1.08. The number of unbranched alkanes of at least 4 members (excludes halogenated alkanes) is 1. The zero-order valence-corrected chi connectivity index (χ0v) is 10.6. The van der Waals surface area contributed by atoms with E-state index < -0.39 is 12.0 Å². The van der Waals surface area contributed by atoms with Gasteiger partial charge in [0.15, 0.2) is 0 Å². The molecule has 1 unspecified atom stereocenters. The lowest BCUT2D eigenvalue weighted by atomic mass is 10.2. The third kappa shape index (κ3) is 6.73. The molecule has 0 spiro atoms. The fraction of sp³-hybridized carbons (Fsp3) is 0.667. The van der Waals surface area contributed by atoms with Crippen molar-refractivity contribution >= 4 is 11.9 Å². The second-order valence-corrected chi connectivity index (χ2v) is 3.93. The molecule has 0 aromatic heterocycles. The molecule has 0 aliphatic carbocycles. The van der Waals surface area contributed by atoms with Crippen LogP contribution >= 0.6 is 0 Å². The summed E-state index contributed by atoms with van der Waals surface area (Å²) in [6, 6.07) is -0.457. The second-order valence-electron chi connectivity index (χ2n) is 3.93. The van der Waals surface area contributed by atoms with Crippen LogP contribution in [0.5, 0.6) is 0 Å². The van der Waals surface area contributed by atoms with Crippen LogP contribution in [0.25, 0.3) is 0 Å². The van der Waals surface area contributed by atoms with E-state index >= 15 is 0 Å². The van der Waals surface area contributed by atoms with E-state index in [1.54, 1.807) is 17.9 Å². The molecule has 0 aliphatic rings. The van der Waals surface area contributed by atoms with Crippen molar-refractivity contribution in [1.82, 2.24) is 10.2 Å². The summed E-state index contributed by atoms with van der Waals surface area (Å²) in [5, 5.41) is 11.5. The first-order valence-corrected chi connectivity index (χ1v) is 5.87. The first-order valence-electron chi connectivity index (χ1n) is 5.87. The van der Waals surface area contributed by atoms with Crippen LogP contribution in [0.3, 0.4) is 0 Å². The largest absolute Gasteiger partial charge is 0.480 e. The number of amides is 1. The van der Waals surface area contributed by atoms with Gasteiger partial charge < -0.3 is 10.4 Å². The molecule has 1 amide bonds. The third-order valence-electron chi connectivity index (χ3n) is 2.46. The first-order chi connectivity index (χ1) is 8.02. The highest BCUT2D eigenvalue weighted by molar-refractivity contribution is 5.82. The molecule has 0 saturated heterocycles. The van der Waals surface area contributed by atoms with E-state index in [1.807, 2.05) is 6.92 Å². The fourth-order valence-electron chi connectivity index (χ4n) is 1.40. The molecular weight excluding hydrogens is 220 g/mol. The van der Waals surface area contributed by atoms with E-state index in [0.717, 1.165) is 12.8 Å². The van der Waals surface area contributed by atoms with Gasteiger partial charge in [-0.2, -0.15) is 0 Å². The number of hydrogen-bond acceptors (Lipinski definition) is 3.